The lowest BCUT2D eigenvalue weighted by atomic mass is 10.2. The van der Waals surface area contributed by atoms with Gasteiger partial charge in [-0.1, -0.05) is 11.6 Å². The van der Waals surface area contributed by atoms with Crippen LogP contribution in [-0.4, -0.2) is 17.9 Å². The number of thiazole rings is 1. The Morgan fingerprint density at radius 2 is 2.29 bits per heavy atom. The van der Waals surface area contributed by atoms with Gasteiger partial charge in [-0.15, -0.1) is 11.3 Å². The molecular formula is C11H8ClIN2OS. The summed E-state index contributed by atoms with van der Waals surface area (Å²) in [6.45, 7) is 0. The lowest BCUT2D eigenvalue weighted by molar-refractivity contribution is 0.0992. The normalized spacial score (nSPS) is 10.3. The van der Waals surface area contributed by atoms with Gasteiger partial charge in [-0.3, -0.25) is 9.69 Å². The fraction of sp³-hybridized carbons (Fsp3) is 0.0909. The summed E-state index contributed by atoms with van der Waals surface area (Å²) in [6.07, 6.45) is 1.68. The lowest BCUT2D eigenvalue weighted by Gasteiger charge is -2.14. The van der Waals surface area contributed by atoms with E-state index in [4.69, 9.17) is 11.6 Å². The Labute approximate surface area is 122 Å². The molecule has 3 nitrogen and oxygen atoms in total. The molecule has 88 valence electrons. The smallest absolute Gasteiger partial charge is 0.260 e. The van der Waals surface area contributed by atoms with Gasteiger partial charge in [0.15, 0.2) is 5.13 Å². The van der Waals surface area contributed by atoms with Gasteiger partial charge in [-0.25, -0.2) is 4.98 Å². The maximum absolute atomic E-state index is 12.2. The maximum atomic E-state index is 12.2. The number of hydrogen-bond acceptors (Lipinski definition) is 3. The number of halogens is 2. The molecule has 0 atom stereocenters. The van der Waals surface area contributed by atoms with Crippen LogP contribution in [0.4, 0.5) is 5.13 Å². The monoisotopic (exact) mass is 378 g/mol. The molecule has 0 aliphatic heterocycles. The number of hydrogen-bond donors (Lipinski definition) is 0. The van der Waals surface area contributed by atoms with Crippen LogP contribution in [0.1, 0.15) is 10.4 Å². The van der Waals surface area contributed by atoms with E-state index in [1.54, 1.807) is 31.4 Å². The number of nitrogens with zero attached hydrogens (tertiary/aromatic N) is 2. The Bertz CT molecular complexity index is 544. The highest BCUT2D eigenvalue weighted by Crippen LogP contribution is 2.22. The van der Waals surface area contributed by atoms with Crippen molar-refractivity contribution in [3.05, 3.63) is 43.9 Å². The van der Waals surface area contributed by atoms with Crippen molar-refractivity contribution < 1.29 is 4.79 Å². The van der Waals surface area contributed by atoms with Crippen molar-refractivity contribution in [3.63, 3.8) is 0 Å². The summed E-state index contributed by atoms with van der Waals surface area (Å²) in [4.78, 5) is 17.9. The van der Waals surface area contributed by atoms with Crippen LogP contribution in [0, 0.1) is 3.57 Å². The predicted molar refractivity (Wildman–Crippen MR) is 79.0 cm³/mol. The zero-order valence-electron chi connectivity index (χ0n) is 8.85. The summed E-state index contributed by atoms with van der Waals surface area (Å²) in [5.74, 6) is -0.0824. The van der Waals surface area contributed by atoms with Crippen molar-refractivity contribution in [2.45, 2.75) is 0 Å². The number of rotatable bonds is 2. The highest BCUT2D eigenvalue weighted by molar-refractivity contribution is 14.1. The Balaban J connectivity index is 2.31. The number of carbonyl (C=O) groups is 1. The molecule has 1 amide bonds. The predicted octanol–water partition coefficient (Wildman–Crippen LogP) is 3.68. The molecule has 0 unspecified atom stereocenters. The average molecular weight is 379 g/mol. The van der Waals surface area contributed by atoms with Crippen LogP contribution in [0.5, 0.6) is 0 Å². The molecule has 1 aromatic carbocycles. The van der Waals surface area contributed by atoms with E-state index >= 15 is 0 Å². The van der Waals surface area contributed by atoms with Gasteiger partial charge in [-0.2, -0.15) is 0 Å². The van der Waals surface area contributed by atoms with E-state index in [9.17, 15) is 4.79 Å². The Kier molecular flexibility index (Phi) is 4.01. The molecule has 17 heavy (non-hydrogen) atoms. The zero-order chi connectivity index (χ0) is 12.4. The topological polar surface area (TPSA) is 33.2 Å². The molecule has 0 aliphatic carbocycles. The third-order valence-electron chi connectivity index (χ3n) is 2.17. The highest BCUT2D eigenvalue weighted by Gasteiger charge is 2.17. The second-order valence-electron chi connectivity index (χ2n) is 3.30. The minimum atomic E-state index is -0.0824. The fourth-order valence-electron chi connectivity index (χ4n) is 1.31. The van der Waals surface area contributed by atoms with Crippen LogP contribution in [-0.2, 0) is 0 Å². The quantitative estimate of drug-likeness (QED) is 0.747. The number of anilines is 1. The minimum Gasteiger partial charge on any atom is -0.287 e. The van der Waals surface area contributed by atoms with Gasteiger partial charge < -0.3 is 0 Å². The van der Waals surface area contributed by atoms with Gasteiger partial charge in [0.2, 0.25) is 0 Å². The Morgan fingerprint density at radius 1 is 1.53 bits per heavy atom. The highest BCUT2D eigenvalue weighted by atomic mass is 127. The van der Waals surface area contributed by atoms with Crippen molar-refractivity contribution in [2.24, 2.45) is 0 Å². The van der Waals surface area contributed by atoms with Gasteiger partial charge in [-0.05, 0) is 40.8 Å². The van der Waals surface area contributed by atoms with Crippen LogP contribution < -0.4 is 4.90 Å². The summed E-state index contributed by atoms with van der Waals surface area (Å²) in [5.41, 5.74) is 0.632. The Morgan fingerprint density at radius 3 is 2.88 bits per heavy atom. The maximum Gasteiger partial charge on any atom is 0.260 e. The first-order valence-corrected chi connectivity index (χ1v) is 7.06. The second-order valence-corrected chi connectivity index (χ2v) is 5.77. The van der Waals surface area contributed by atoms with Crippen LogP contribution in [0.3, 0.4) is 0 Å². The average Bonchev–Trinajstić information content (AvgIpc) is 2.80. The largest absolute Gasteiger partial charge is 0.287 e. The van der Waals surface area contributed by atoms with E-state index in [1.165, 1.54) is 16.2 Å². The number of amides is 1. The Hall–Kier alpha value is -0.660. The first kappa shape index (κ1) is 12.8. The van der Waals surface area contributed by atoms with Crippen molar-refractivity contribution in [3.8, 4) is 0 Å². The van der Waals surface area contributed by atoms with Crippen LogP contribution in [0.25, 0.3) is 0 Å². The zero-order valence-corrected chi connectivity index (χ0v) is 12.6. The molecule has 1 aromatic heterocycles. The molecule has 6 heteroatoms. The van der Waals surface area contributed by atoms with E-state index in [1.807, 2.05) is 5.38 Å². The second kappa shape index (κ2) is 5.32. The van der Waals surface area contributed by atoms with Crippen molar-refractivity contribution in [1.82, 2.24) is 4.98 Å². The summed E-state index contributed by atoms with van der Waals surface area (Å²) >= 11 is 9.39. The van der Waals surface area contributed by atoms with Gasteiger partial charge in [0, 0.05) is 27.2 Å². The van der Waals surface area contributed by atoms with Gasteiger partial charge >= 0.3 is 0 Å². The first-order chi connectivity index (χ1) is 8.09. The molecule has 0 bridgehead atoms. The fourth-order valence-corrected chi connectivity index (χ4v) is 3.02. The van der Waals surface area contributed by atoms with Crippen molar-refractivity contribution in [2.75, 3.05) is 11.9 Å². The summed E-state index contributed by atoms with van der Waals surface area (Å²) in [7, 11) is 1.71. The molecule has 0 radical (unpaired) electrons. The lowest BCUT2D eigenvalue weighted by Crippen LogP contribution is -2.26. The van der Waals surface area contributed by atoms with Crippen LogP contribution >= 0.6 is 45.5 Å². The van der Waals surface area contributed by atoms with E-state index in [0.717, 1.165) is 3.57 Å². The standard InChI is InChI=1S/C11H8ClIN2OS/c1-15(11-14-4-5-17-11)10(16)8-3-2-7(12)6-9(8)13/h2-6H,1H3. The summed E-state index contributed by atoms with van der Waals surface area (Å²) in [6, 6.07) is 5.22. The van der Waals surface area contributed by atoms with Crippen LogP contribution in [0.2, 0.25) is 5.02 Å². The number of benzene rings is 1. The van der Waals surface area contributed by atoms with Crippen molar-refractivity contribution >= 4 is 56.6 Å². The molecule has 0 aliphatic rings. The SMILES string of the molecule is CN(C(=O)c1ccc(Cl)cc1I)c1nccs1. The molecule has 2 aromatic rings. The minimum absolute atomic E-state index is 0.0824. The van der Waals surface area contributed by atoms with Gasteiger partial charge in [0.05, 0.1) is 5.56 Å². The van der Waals surface area contributed by atoms with E-state index < -0.39 is 0 Å². The first-order valence-electron chi connectivity index (χ1n) is 4.72. The molecular weight excluding hydrogens is 371 g/mol. The third kappa shape index (κ3) is 2.78. The summed E-state index contributed by atoms with van der Waals surface area (Å²) in [5, 5.41) is 3.15. The third-order valence-corrected chi connectivity index (χ3v) is 4.15. The van der Waals surface area contributed by atoms with E-state index in [-0.39, 0.29) is 5.91 Å². The molecule has 0 spiro atoms. The molecule has 0 N–H and O–H groups in total. The van der Waals surface area contributed by atoms with E-state index in [2.05, 4.69) is 27.6 Å². The number of aromatic nitrogens is 1. The molecule has 0 saturated heterocycles. The van der Waals surface area contributed by atoms with Crippen molar-refractivity contribution in [1.29, 1.82) is 0 Å². The van der Waals surface area contributed by atoms with E-state index in [0.29, 0.717) is 15.7 Å². The number of carbonyl (C=O) groups excluding carboxylic acids is 1. The van der Waals surface area contributed by atoms with Gasteiger partial charge in [0.25, 0.3) is 5.91 Å². The molecule has 2 rings (SSSR count). The van der Waals surface area contributed by atoms with Crippen LogP contribution in [0.15, 0.2) is 29.8 Å². The molecule has 0 fully saturated rings. The molecule has 1 heterocycles. The van der Waals surface area contributed by atoms with Gasteiger partial charge in [0.1, 0.15) is 0 Å². The molecule has 0 saturated carbocycles. The summed E-state index contributed by atoms with van der Waals surface area (Å²) < 4.78 is 0.837.